The van der Waals surface area contributed by atoms with E-state index in [1.807, 2.05) is 31.3 Å². The number of hydrogen-bond acceptors (Lipinski definition) is 3. The monoisotopic (exact) mass is 425 g/mol. The van der Waals surface area contributed by atoms with Gasteiger partial charge >= 0.3 is 0 Å². The van der Waals surface area contributed by atoms with E-state index >= 15 is 0 Å². The van der Waals surface area contributed by atoms with Crippen LogP contribution in [-0.2, 0) is 13.5 Å². The lowest BCUT2D eigenvalue weighted by atomic mass is 9.95. The highest BCUT2D eigenvalue weighted by Gasteiger charge is 2.34. The Balaban J connectivity index is 1.53. The molecular weight excluding hydrogens is 407 g/mol. The Kier molecular flexibility index (Phi) is 4.35. The van der Waals surface area contributed by atoms with Gasteiger partial charge in [0.2, 0.25) is 0 Å². The van der Waals surface area contributed by atoms with Crippen LogP contribution in [0.3, 0.4) is 0 Å². The highest BCUT2D eigenvalue weighted by Crippen LogP contribution is 2.37. The van der Waals surface area contributed by atoms with Crippen molar-refractivity contribution in [3.05, 3.63) is 77.3 Å². The summed E-state index contributed by atoms with van der Waals surface area (Å²) in [5, 5.41) is 4.53. The van der Waals surface area contributed by atoms with Gasteiger partial charge in [-0.25, -0.2) is 18.2 Å². The molecule has 0 fully saturated rings. The fraction of sp³-hybridized carbons (Fsp3) is 0.227. The predicted octanol–water partition coefficient (Wildman–Crippen LogP) is 3.91. The minimum Gasteiger partial charge on any atom is -0.328 e. The van der Waals surface area contributed by atoms with Crippen LogP contribution in [0.5, 0.6) is 0 Å². The Morgan fingerprint density at radius 1 is 1.16 bits per heavy atom. The van der Waals surface area contributed by atoms with Gasteiger partial charge < -0.3 is 9.30 Å². The van der Waals surface area contributed by atoms with Gasteiger partial charge in [0.25, 0.3) is 5.91 Å². The molecule has 1 atom stereocenters. The van der Waals surface area contributed by atoms with Crippen molar-refractivity contribution in [3.8, 4) is 11.3 Å². The number of imidazole rings is 1. The van der Waals surface area contributed by atoms with Crippen LogP contribution in [-0.4, -0.2) is 36.5 Å². The number of pyridine rings is 1. The van der Waals surface area contributed by atoms with Crippen molar-refractivity contribution >= 4 is 11.4 Å². The Morgan fingerprint density at radius 3 is 2.65 bits per heavy atom. The number of fused-ring (bicyclic) bond motifs is 2. The van der Waals surface area contributed by atoms with E-state index in [1.165, 1.54) is 4.68 Å². The molecule has 9 heteroatoms. The van der Waals surface area contributed by atoms with Crippen LogP contribution < -0.4 is 0 Å². The molecule has 6 nitrogen and oxygen atoms in total. The lowest BCUT2D eigenvalue weighted by Crippen LogP contribution is -2.39. The maximum absolute atomic E-state index is 13.8. The molecule has 0 spiro atoms. The minimum absolute atomic E-state index is 0.208. The number of hydrogen-bond donors (Lipinski definition) is 0. The van der Waals surface area contributed by atoms with Gasteiger partial charge in [0.1, 0.15) is 6.33 Å². The highest BCUT2D eigenvalue weighted by atomic mass is 19.2. The summed E-state index contributed by atoms with van der Waals surface area (Å²) in [6.07, 6.45) is 3.86. The largest absolute Gasteiger partial charge is 0.328 e. The third-order valence-corrected chi connectivity index (χ3v) is 5.81. The normalized spacial score (nSPS) is 16.0. The summed E-state index contributed by atoms with van der Waals surface area (Å²) >= 11 is 0. The van der Waals surface area contributed by atoms with Crippen LogP contribution in [0, 0.1) is 17.5 Å². The van der Waals surface area contributed by atoms with E-state index in [0.29, 0.717) is 35.6 Å². The molecule has 31 heavy (non-hydrogen) atoms. The van der Waals surface area contributed by atoms with Crippen molar-refractivity contribution in [1.82, 2.24) is 24.1 Å². The van der Waals surface area contributed by atoms with Gasteiger partial charge in [-0.15, -0.1) is 0 Å². The zero-order valence-electron chi connectivity index (χ0n) is 16.8. The van der Waals surface area contributed by atoms with E-state index in [1.54, 1.807) is 22.7 Å². The SMILES string of the molecule is C[C@H]1c2nn(C)c(-c3cc(F)c(F)c(F)c3)c2CCN1C(=O)c1ncn2ccccc12. The number of amides is 1. The summed E-state index contributed by atoms with van der Waals surface area (Å²) in [7, 11) is 1.66. The summed E-state index contributed by atoms with van der Waals surface area (Å²) in [6.45, 7) is 2.25. The van der Waals surface area contributed by atoms with Crippen molar-refractivity contribution in [2.24, 2.45) is 7.05 Å². The first kappa shape index (κ1) is 19.3. The number of aromatic nitrogens is 4. The summed E-state index contributed by atoms with van der Waals surface area (Å²) in [5.74, 6) is -4.22. The number of carbonyl (C=O) groups excluding carboxylic acids is 1. The number of rotatable bonds is 2. The van der Waals surface area contributed by atoms with Gasteiger partial charge in [0, 0.05) is 30.9 Å². The molecule has 0 unspecified atom stereocenters. The van der Waals surface area contributed by atoms with E-state index in [2.05, 4.69) is 10.1 Å². The first-order valence-corrected chi connectivity index (χ1v) is 9.80. The second kappa shape index (κ2) is 6.97. The van der Waals surface area contributed by atoms with Crippen LogP contribution >= 0.6 is 0 Å². The summed E-state index contributed by atoms with van der Waals surface area (Å²) < 4.78 is 44.4. The Morgan fingerprint density at radius 2 is 1.90 bits per heavy atom. The average Bonchev–Trinajstić information content (AvgIpc) is 3.32. The smallest absolute Gasteiger partial charge is 0.275 e. The molecule has 0 aliphatic carbocycles. The van der Waals surface area contributed by atoms with Gasteiger partial charge in [0.05, 0.1) is 22.9 Å². The molecule has 4 aromatic rings. The van der Waals surface area contributed by atoms with Crippen molar-refractivity contribution in [2.75, 3.05) is 6.54 Å². The molecular formula is C22H18F3N5O. The summed E-state index contributed by atoms with van der Waals surface area (Å²) in [6, 6.07) is 7.10. The number of halogens is 3. The molecule has 3 aromatic heterocycles. The van der Waals surface area contributed by atoms with Gasteiger partial charge in [0.15, 0.2) is 23.1 Å². The van der Waals surface area contributed by atoms with Crippen LogP contribution in [0.25, 0.3) is 16.8 Å². The Labute approximate surface area is 175 Å². The maximum Gasteiger partial charge on any atom is 0.275 e. The average molecular weight is 425 g/mol. The third kappa shape index (κ3) is 2.91. The van der Waals surface area contributed by atoms with E-state index in [4.69, 9.17) is 0 Å². The van der Waals surface area contributed by atoms with Crippen molar-refractivity contribution in [1.29, 1.82) is 0 Å². The fourth-order valence-corrected chi connectivity index (χ4v) is 4.32. The van der Waals surface area contributed by atoms with Crippen molar-refractivity contribution in [2.45, 2.75) is 19.4 Å². The molecule has 158 valence electrons. The van der Waals surface area contributed by atoms with Gasteiger partial charge in [-0.1, -0.05) is 6.07 Å². The number of aryl methyl sites for hydroxylation is 1. The number of nitrogens with zero attached hydrogens (tertiary/aromatic N) is 5. The molecule has 0 radical (unpaired) electrons. The molecule has 1 aliphatic heterocycles. The second-order valence-corrected chi connectivity index (χ2v) is 7.60. The van der Waals surface area contributed by atoms with Crippen molar-refractivity contribution < 1.29 is 18.0 Å². The zero-order chi connectivity index (χ0) is 21.9. The first-order valence-electron chi connectivity index (χ1n) is 9.80. The zero-order valence-corrected chi connectivity index (χ0v) is 16.8. The highest BCUT2D eigenvalue weighted by molar-refractivity contribution is 5.99. The minimum atomic E-state index is -1.50. The van der Waals surface area contributed by atoms with E-state index in [-0.39, 0.29) is 17.5 Å². The molecule has 0 saturated carbocycles. The number of carbonyl (C=O) groups is 1. The Hall–Kier alpha value is -3.62. The quantitative estimate of drug-likeness (QED) is 0.458. The lowest BCUT2D eigenvalue weighted by Gasteiger charge is -2.32. The molecule has 1 aromatic carbocycles. The fourth-order valence-electron chi connectivity index (χ4n) is 4.32. The molecule has 1 amide bonds. The van der Waals surface area contributed by atoms with Gasteiger partial charge in [-0.05, 0) is 37.6 Å². The van der Waals surface area contributed by atoms with E-state index in [9.17, 15) is 18.0 Å². The standard InChI is InChI=1S/C22H18F3N5O/c1-12-19-14(21(28(2)27-19)13-9-15(23)18(25)16(24)10-13)6-8-30(12)22(31)20-17-5-3-4-7-29(17)11-26-20/h3-5,7,9-12H,6,8H2,1-2H3/t12-/m0/s1. The lowest BCUT2D eigenvalue weighted by molar-refractivity contribution is 0.0670. The topological polar surface area (TPSA) is 55.4 Å². The van der Waals surface area contributed by atoms with Gasteiger partial charge in [-0.2, -0.15) is 5.10 Å². The predicted molar refractivity (Wildman–Crippen MR) is 107 cm³/mol. The molecule has 0 N–H and O–H groups in total. The van der Waals surface area contributed by atoms with Crippen molar-refractivity contribution in [3.63, 3.8) is 0 Å². The van der Waals surface area contributed by atoms with Crippen LogP contribution in [0.15, 0.2) is 42.9 Å². The van der Waals surface area contributed by atoms with E-state index < -0.39 is 17.5 Å². The molecule has 4 heterocycles. The maximum atomic E-state index is 13.8. The molecule has 0 bridgehead atoms. The summed E-state index contributed by atoms with van der Waals surface area (Å²) in [4.78, 5) is 19.2. The second-order valence-electron chi connectivity index (χ2n) is 7.60. The Bertz CT molecular complexity index is 1320. The number of benzene rings is 1. The molecule has 5 rings (SSSR count). The first-order chi connectivity index (χ1) is 14.9. The van der Waals surface area contributed by atoms with Crippen LogP contribution in [0.2, 0.25) is 0 Å². The van der Waals surface area contributed by atoms with E-state index in [0.717, 1.165) is 17.7 Å². The third-order valence-electron chi connectivity index (χ3n) is 5.81. The van der Waals surface area contributed by atoms with Crippen LogP contribution in [0.1, 0.15) is 34.7 Å². The molecule has 0 saturated heterocycles. The summed E-state index contributed by atoms with van der Waals surface area (Å²) in [5.41, 5.74) is 3.23. The van der Waals surface area contributed by atoms with Gasteiger partial charge in [-0.3, -0.25) is 9.48 Å². The molecule has 1 aliphatic rings. The van der Waals surface area contributed by atoms with Crippen LogP contribution in [0.4, 0.5) is 13.2 Å².